The van der Waals surface area contributed by atoms with E-state index in [0.717, 1.165) is 21.5 Å². The number of nitrogens with one attached hydrogen (secondary N) is 1. The maximum atomic E-state index is 12.5. The van der Waals surface area contributed by atoms with Gasteiger partial charge in [0.25, 0.3) is 0 Å². The summed E-state index contributed by atoms with van der Waals surface area (Å²) in [5, 5.41) is 4.00. The van der Waals surface area contributed by atoms with E-state index in [2.05, 4.69) is 57.0 Å². The molecule has 2 heterocycles. The third-order valence-corrected chi connectivity index (χ3v) is 6.30. The van der Waals surface area contributed by atoms with Crippen LogP contribution in [0.2, 0.25) is 0 Å². The standard InChI is InChI=1S/C29H28BrN3O6/c1-18-5-6-19(2)33(18)23-8-10-24(11-9-23)37-17-25-12-14-27(39-25)28(34)32-31-16-21-15-22(30)7-13-26(21)38-20(3)29(35)36-4/h5-16,20H,17H2,1-4H3,(H,32,34)/b31-16+/t20-/m1/s1. The Kier molecular flexibility index (Phi) is 8.88. The van der Waals surface area contributed by atoms with Gasteiger partial charge in [-0.25, -0.2) is 10.2 Å². The third-order valence-electron chi connectivity index (χ3n) is 5.81. The second-order valence-electron chi connectivity index (χ2n) is 8.66. The molecule has 0 aliphatic carbocycles. The molecule has 9 nitrogen and oxygen atoms in total. The summed E-state index contributed by atoms with van der Waals surface area (Å²) in [6.07, 6.45) is 0.599. The highest BCUT2D eigenvalue weighted by atomic mass is 79.9. The van der Waals surface area contributed by atoms with Crippen molar-refractivity contribution < 1.29 is 28.2 Å². The summed E-state index contributed by atoms with van der Waals surface area (Å²) in [7, 11) is 1.29. The number of benzene rings is 2. The van der Waals surface area contributed by atoms with Crippen molar-refractivity contribution >= 4 is 34.0 Å². The quantitative estimate of drug-likeness (QED) is 0.143. The smallest absolute Gasteiger partial charge is 0.346 e. The van der Waals surface area contributed by atoms with E-state index in [1.165, 1.54) is 13.3 Å². The lowest BCUT2D eigenvalue weighted by Crippen LogP contribution is -2.25. The van der Waals surface area contributed by atoms with Crippen LogP contribution in [0, 0.1) is 13.8 Å². The number of aryl methyl sites for hydroxylation is 2. The van der Waals surface area contributed by atoms with E-state index in [1.54, 1.807) is 37.3 Å². The van der Waals surface area contributed by atoms with Gasteiger partial charge in [0.1, 0.15) is 23.9 Å². The molecule has 0 aliphatic heterocycles. The summed E-state index contributed by atoms with van der Waals surface area (Å²) < 4.78 is 24.7. The van der Waals surface area contributed by atoms with Crippen LogP contribution < -0.4 is 14.9 Å². The van der Waals surface area contributed by atoms with Gasteiger partial charge in [0.2, 0.25) is 0 Å². The number of aromatic nitrogens is 1. The largest absolute Gasteiger partial charge is 0.486 e. The molecule has 0 fully saturated rings. The summed E-state index contributed by atoms with van der Waals surface area (Å²) in [5.41, 5.74) is 6.34. The van der Waals surface area contributed by atoms with Crippen LogP contribution in [0.25, 0.3) is 5.69 Å². The van der Waals surface area contributed by atoms with Crippen LogP contribution in [0.1, 0.15) is 40.2 Å². The number of hydrogen-bond donors (Lipinski definition) is 1. The highest BCUT2D eigenvalue weighted by molar-refractivity contribution is 9.10. The van der Waals surface area contributed by atoms with E-state index in [9.17, 15) is 9.59 Å². The van der Waals surface area contributed by atoms with Gasteiger partial charge in [0.05, 0.1) is 13.3 Å². The van der Waals surface area contributed by atoms with Crippen LogP contribution in [0.3, 0.4) is 0 Å². The lowest BCUT2D eigenvalue weighted by atomic mass is 10.2. The van der Waals surface area contributed by atoms with Crippen molar-refractivity contribution in [2.75, 3.05) is 7.11 Å². The van der Waals surface area contributed by atoms with Crippen LogP contribution in [0.5, 0.6) is 11.5 Å². The maximum Gasteiger partial charge on any atom is 0.346 e. The molecule has 0 saturated heterocycles. The van der Waals surface area contributed by atoms with Gasteiger partial charge in [-0.15, -0.1) is 0 Å². The molecular formula is C29H28BrN3O6. The zero-order valence-electron chi connectivity index (χ0n) is 21.9. The van der Waals surface area contributed by atoms with Crippen LogP contribution in [0.15, 0.2) is 80.7 Å². The van der Waals surface area contributed by atoms with Gasteiger partial charge in [-0.1, -0.05) is 15.9 Å². The van der Waals surface area contributed by atoms with Crippen LogP contribution in [-0.4, -0.2) is 35.9 Å². The molecule has 0 aliphatic rings. The van der Waals surface area contributed by atoms with Crippen molar-refractivity contribution in [1.29, 1.82) is 0 Å². The number of amides is 1. The fourth-order valence-electron chi connectivity index (χ4n) is 3.85. The molecule has 0 unspecified atom stereocenters. The highest BCUT2D eigenvalue weighted by Gasteiger charge is 2.17. The van der Waals surface area contributed by atoms with Gasteiger partial charge < -0.3 is 23.2 Å². The molecule has 4 aromatic rings. The zero-order chi connectivity index (χ0) is 27.9. The average molecular weight is 594 g/mol. The zero-order valence-corrected chi connectivity index (χ0v) is 23.5. The minimum Gasteiger partial charge on any atom is -0.486 e. The monoisotopic (exact) mass is 593 g/mol. The van der Waals surface area contributed by atoms with Gasteiger partial charge >= 0.3 is 11.9 Å². The summed E-state index contributed by atoms with van der Waals surface area (Å²) in [5.74, 6) is 0.625. The van der Waals surface area contributed by atoms with E-state index in [1.807, 2.05) is 24.3 Å². The number of carbonyl (C=O) groups is 2. The van der Waals surface area contributed by atoms with E-state index in [-0.39, 0.29) is 12.4 Å². The number of carbonyl (C=O) groups excluding carboxylic acids is 2. The Morgan fingerprint density at radius 2 is 1.77 bits per heavy atom. The third kappa shape index (κ3) is 6.97. The molecule has 0 spiro atoms. The number of halogens is 1. The number of ether oxygens (including phenoxy) is 3. The molecule has 10 heteroatoms. The number of nitrogens with zero attached hydrogens (tertiary/aromatic N) is 2. The van der Waals surface area contributed by atoms with Crippen molar-refractivity contribution in [3.05, 3.63) is 99.7 Å². The van der Waals surface area contributed by atoms with Crippen molar-refractivity contribution in [3.63, 3.8) is 0 Å². The number of furan rings is 1. The fraction of sp³-hybridized carbons (Fsp3) is 0.207. The van der Waals surface area contributed by atoms with E-state index in [0.29, 0.717) is 22.8 Å². The Labute approximate surface area is 234 Å². The first-order valence-corrected chi connectivity index (χ1v) is 12.9. The van der Waals surface area contributed by atoms with Crippen LogP contribution in [0.4, 0.5) is 0 Å². The molecule has 1 N–H and O–H groups in total. The molecule has 2 aromatic heterocycles. The Morgan fingerprint density at radius 1 is 1.05 bits per heavy atom. The molecule has 1 atom stereocenters. The normalized spacial score (nSPS) is 11.8. The topological polar surface area (TPSA) is 104 Å². The van der Waals surface area contributed by atoms with Crippen molar-refractivity contribution in [3.8, 4) is 17.2 Å². The molecule has 2 aromatic carbocycles. The lowest BCUT2D eigenvalue weighted by molar-refractivity contribution is -0.147. The SMILES string of the molecule is COC(=O)[C@@H](C)Oc1ccc(Br)cc1/C=N/NC(=O)c1ccc(COc2ccc(-n3c(C)ccc3C)cc2)o1. The van der Waals surface area contributed by atoms with Crippen LogP contribution >= 0.6 is 15.9 Å². The first-order chi connectivity index (χ1) is 18.7. The summed E-state index contributed by atoms with van der Waals surface area (Å²) in [6.45, 7) is 5.87. The van der Waals surface area contributed by atoms with Crippen LogP contribution in [-0.2, 0) is 16.1 Å². The van der Waals surface area contributed by atoms with Gasteiger partial charge in [-0.05, 0) is 87.5 Å². The number of rotatable bonds is 10. The van der Waals surface area contributed by atoms with Gasteiger partial charge in [0, 0.05) is 27.1 Å². The maximum absolute atomic E-state index is 12.5. The summed E-state index contributed by atoms with van der Waals surface area (Å²) in [4.78, 5) is 24.2. The summed E-state index contributed by atoms with van der Waals surface area (Å²) >= 11 is 3.39. The predicted molar refractivity (Wildman–Crippen MR) is 150 cm³/mol. The first kappa shape index (κ1) is 27.7. The highest BCUT2D eigenvalue weighted by Crippen LogP contribution is 2.24. The second kappa shape index (κ2) is 12.5. The van der Waals surface area contributed by atoms with Gasteiger partial charge in [0.15, 0.2) is 11.9 Å². The number of esters is 1. The molecule has 0 radical (unpaired) electrons. The first-order valence-electron chi connectivity index (χ1n) is 12.1. The Morgan fingerprint density at radius 3 is 2.46 bits per heavy atom. The minimum atomic E-state index is -0.813. The molecule has 1 amide bonds. The number of hydrogen-bond acceptors (Lipinski definition) is 7. The molecule has 0 saturated carbocycles. The lowest BCUT2D eigenvalue weighted by Gasteiger charge is -2.14. The molecule has 39 heavy (non-hydrogen) atoms. The molecule has 0 bridgehead atoms. The van der Waals surface area contributed by atoms with Crippen molar-refractivity contribution in [2.24, 2.45) is 5.10 Å². The Hall–Kier alpha value is -4.31. The Bertz CT molecular complexity index is 1470. The Balaban J connectivity index is 1.33. The number of methoxy groups -OCH3 is 1. The predicted octanol–water partition coefficient (Wildman–Crippen LogP) is 5.73. The van der Waals surface area contributed by atoms with Crippen molar-refractivity contribution in [1.82, 2.24) is 9.99 Å². The average Bonchev–Trinajstić information content (AvgIpc) is 3.54. The molecule has 202 valence electrons. The van der Waals surface area contributed by atoms with Gasteiger partial charge in [-0.2, -0.15) is 5.10 Å². The van der Waals surface area contributed by atoms with Gasteiger partial charge in [-0.3, -0.25) is 4.79 Å². The van der Waals surface area contributed by atoms with E-state index < -0.39 is 18.0 Å². The fourth-order valence-corrected chi connectivity index (χ4v) is 4.23. The molecular weight excluding hydrogens is 566 g/mol. The minimum absolute atomic E-state index is 0.0877. The van der Waals surface area contributed by atoms with Crippen molar-refractivity contribution in [2.45, 2.75) is 33.5 Å². The number of hydrazone groups is 1. The van der Waals surface area contributed by atoms with E-state index in [4.69, 9.17) is 18.6 Å². The second-order valence-corrected chi connectivity index (χ2v) is 9.58. The van der Waals surface area contributed by atoms with E-state index >= 15 is 0 Å². The summed E-state index contributed by atoms with van der Waals surface area (Å²) in [6, 6.07) is 20.3. The molecule has 4 rings (SSSR count).